The summed E-state index contributed by atoms with van der Waals surface area (Å²) in [5.41, 5.74) is 1.97. The molecule has 3 aromatic rings. The van der Waals surface area contributed by atoms with Crippen LogP contribution in [0.2, 0.25) is 0 Å². The molecule has 1 heterocycles. The molecule has 0 N–H and O–H groups in total. The predicted octanol–water partition coefficient (Wildman–Crippen LogP) is 5.09. The number of benzene rings is 3. The molecule has 0 atom stereocenters. The Morgan fingerprint density at radius 2 is 1.27 bits per heavy atom. The van der Waals surface area contributed by atoms with Crippen molar-refractivity contribution in [2.75, 3.05) is 20.3 Å². The molecule has 0 bridgehead atoms. The van der Waals surface area contributed by atoms with Gasteiger partial charge in [0.25, 0.3) is 0 Å². The van der Waals surface area contributed by atoms with Crippen molar-refractivity contribution in [1.82, 2.24) is 0 Å². The second-order valence-corrected chi connectivity index (χ2v) is 7.13. The molecule has 0 spiro atoms. The molecule has 0 aliphatic carbocycles. The van der Waals surface area contributed by atoms with Gasteiger partial charge in [-0.1, -0.05) is 42.1 Å². The van der Waals surface area contributed by atoms with Crippen LogP contribution < -0.4 is 4.74 Å². The van der Waals surface area contributed by atoms with E-state index in [2.05, 4.69) is 48.5 Å². The Labute approximate surface area is 157 Å². The van der Waals surface area contributed by atoms with Crippen molar-refractivity contribution in [2.24, 2.45) is 0 Å². The summed E-state index contributed by atoms with van der Waals surface area (Å²) in [6, 6.07) is 26.6. The fourth-order valence-electron chi connectivity index (χ4n) is 3.09. The minimum absolute atomic E-state index is 0.576. The van der Waals surface area contributed by atoms with E-state index in [0.29, 0.717) is 13.2 Å². The first-order valence-electron chi connectivity index (χ1n) is 8.56. The van der Waals surface area contributed by atoms with Gasteiger partial charge in [-0.3, -0.25) is 0 Å². The molecule has 1 fully saturated rings. The maximum absolute atomic E-state index is 6.07. The molecule has 4 heteroatoms. The minimum atomic E-state index is -0.845. The van der Waals surface area contributed by atoms with Crippen LogP contribution in [-0.4, -0.2) is 20.3 Å². The van der Waals surface area contributed by atoms with Gasteiger partial charge in [0.05, 0.1) is 20.3 Å². The molecule has 4 rings (SSSR count). The van der Waals surface area contributed by atoms with Crippen LogP contribution in [0, 0.1) is 0 Å². The molecular weight excluding hydrogens is 344 g/mol. The fourth-order valence-corrected chi connectivity index (χ4v) is 3.93. The summed E-state index contributed by atoms with van der Waals surface area (Å²) in [7, 11) is 1.66. The molecule has 0 unspecified atom stereocenters. The normalized spacial score (nSPS) is 15.7. The van der Waals surface area contributed by atoms with Gasteiger partial charge in [-0.15, -0.1) is 0 Å². The largest absolute Gasteiger partial charge is 0.497 e. The third-order valence-electron chi connectivity index (χ3n) is 4.38. The van der Waals surface area contributed by atoms with Gasteiger partial charge in [-0.05, 0) is 48.5 Å². The summed E-state index contributed by atoms with van der Waals surface area (Å²) in [6.45, 7) is 1.15. The van der Waals surface area contributed by atoms with Crippen LogP contribution in [0.25, 0.3) is 0 Å². The second kappa shape index (κ2) is 7.54. The molecule has 132 valence electrons. The third kappa shape index (κ3) is 3.36. The SMILES string of the molecule is COc1ccc(C2(c3ccc(Sc4ccccc4)cc3)OCCO2)cc1. The van der Waals surface area contributed by atoms with E-state index in [9.17, 15) is 0 Å². The number of ether oxygens (including phenoxy) is 3. The second-order valence-electron chi connectivity index (χ2n) is 5.98. The van der Waals surface area contributed by atoms with E-state index in [1.165, 1.54) is 9.79 Å². The topological polar surface area (TPSA) is 27.7 Å². The average Bonchev–Trinajstić information content (AvgIpc) is 3.20. The first-order chi connectivity index (χ1) is 12.8. The Morgan fingerprint density at radius 3 is 1.85 bits per heavy atom. The summed E-state index contributed by atoms with van der Waals surface area (Å²) in [5, 5.41) is 0. The zero-order valence-corrected chi connectivity index (χ0v) is 15.4. The van der Waals surface area contributed by atoms with Gasteiger partial charge < -0.3 is 14.2 Å². The summed E-state index contributed by atoms with van der Waals surface area (Å²) >= 11 is 1.74. The quantitative estimate of drug-likeness (QED) is 0.630. The van der Waals surface area contributed by atoms with E-state index in [-0.39, 0.29) is 0 Å². The van der Waals surface area contributed by atoms with E-state index < -0.39 is 5.79 Å². The van der Waals surface area contributed by atoms with Crippen molar-refractivity contribution in [2.45, 2.75) is 15.6 Å². The summed E-state index contributed by atoms with van der Waals surface area (Å²) in [5.74, 6) is -0.0288. The Bertz CT molecular complexity index is 839. The van der Waals surface area contributed by atoms with Gasteiger partial charge in [0.1, 0.15) is 5.75 Å². The zero-order chi connectivity index (χ0) is 17.8. The summed E-state index contributed by atoms with van der Waals surface area (Å²) in [4.78, 5) is 2.40. The van der Waals surface area contributed by atoms with Gasteiger partial charge in [0.2, 0.25) is 5.79 Å². The minimum Gasteiger partial charge on any atom is -0.497 e. The highest BCUT2D eigenvalue weighted by molar-refractivity contribution is 7.99. The van der Waals surface area contributed by atoms with Gasteiger partial charge in [0, 0.05) is 20.9 Å². The van der Waals surface area contributed by atoms with E-state index >= 15 is 0 Å². The predicted molar refractivity (Wildman–Crippen MR) is 103 cm³/mol. The highest BCUT2D eigenvalue weighted by Crippen LogP contribution is 2.40. The van der Waals surface area contributed by atoms with Gasteiger partial charge >= 0.3 is 0 Å². The van der Waals surface area contributed by atoms with Crippen molar-refractivity contribution >= 4 is 11.8 Å². The first-order valence-corrected chi connectivity index (χ1v) is 9.38. The Morgan fingerprint density at radius 1 is 0.731 bits per heavy atom. The molecule has 1 aliphatic heterocycles. The lowest BCUT2D eigenvalue weighted by atomic mass is 9.97. The standard InChI is InChI=1S/C22H20O3S/c1-23-19-11-7-17(8-12-19)22(24-15-16-25-22)18-9-13-21(14-10-18)26-20-5-3-2-4-6-20/h2-14H,15-16H2,1H3. The lowest BCUT2D eigenvalue weighted by Gasteiger charge is -2.28. The molecule has 0 aromatic heterocycles. The Balaban J connectivity index is 1.62. The van der Waals surface area contributed by atoms with Crippen molar-refractivity contribution < 1.29 is 14.2 Å². The maximum atomic E-state index is 6.07. The van der Waals surface area contributed by atoms with Crippen LogP contribution >= 0.6 is 11.8 Å². The molecule has 0 radical (unpaired) electrons. The highest BCUT2D eigenvalue weighted by Gasteiger charge is 2.40. The van der Waals surface area contributed by atoms with E-state index in [1.54, 1.807) is 18.9 Å². The molecule has 1 aliphatic rings. The molecule has 0 amide bonds. The van der Waals surface area contributed by atoms with Crippen molar-refractivity contribution in [3.63, 3.8) is 0 Å². The lowest BCUT2D eigenvalue weighted by molar-refractivity contribution is -0.129. The van der Waals surface area contributed by atoms with E-state index in [0.717, 1.165) is 16.9 Å². The number of rotatable bonds is 5. The lowest BCUT2D eigenvalue weighted by Crippen LogP contribution is -2.28. The maximum Gasteiger partial charge on any atom is 0.222 e. The van der Waals surface area contributed by atoms with Gasteiger partial charge in [-0.2, -0.15) is 0 Å². The number of hydrogen-bond acceptors (Lipinski definition) is 4. The van der Waals surface area contributed by atoms with Crippen LogP contribution in [-0.2, 0) is 15.3 Å². The van der Waals surface area contributed by atoms with Gasteiger partial charge in [-0.25, -0.2) is 0 Å². The van der Waals surface area contributed by atoms with Crippen LogP contribution in [0.15, 0.2) is 88.7 Å². The number of methoxy groups -OCH3 is 1. The molecule has 0 saturated carbocycles. The monoisotopic (exact) mass is 364 g/mol. The summed E-state index contributed by atoms with van der Waals surface area (Å²) < 4.78 is 17.4. The Hall–Kier alpha value is -2.27. The van der Waals surface area contributed by atoms with E-state index in [1.807, 2.05) is 30.3 Å². The molecular formula is C22H20O3S. The number of hydrogen-bond donors (Lipinski definition) is 0. The summed E-state index contributed by atoms with van der Waals surface area (Å²) in [6.07, 6.45) is 0. The van der Waals surface area contributed by atoms with Crippen molar-refractivity contribution in [3.05, 3.63) is 90.0 Å². The highest BCUT2D eigenvalue weighted by atomic mass is 32.2. The zero-order valence-electron chi connectivity index (χ0n) is 14.6. The van der Waals surface area contributed by atoms with Crippen LogP contribution in [0.3, 0.4) is 0 Å². The van der Waals surface area contributed by atoms with Crippen LogP contribution in [0.4, 0.5) is 0 Å². The van der Waals surface area contributed by atoms with Crippen LogP contribution in [0.1, 0.15) is 11.1 Å². The average molecular weight is 364 g/mol. The fraction of sp³-hybridized carbons (Fsp3) is 0.182. The smallest absolute Gasteiger partial charge is 0.222 e. The molecule has 26 heavy (non-hydrogen) atoms. The first kappa shape index (κ1) is 17.2. The van der Waals surface area contributed by atoms with Gasteiger partial charge in [0.15, 0.2) is 0 Å². The van der Waals surface area contributed by atoms with Crippen molar-refractivity contribution in [3.8, 4) is 5.75 Å². The Kier molecular flexibility index (Phi) is 4.98. The van der Waals surface area contributed by atoms with Crippen molar-refractivity contribution in [1.29, 1.82) is 0 Å². The molecule has 1 saturated heterocycles. The molecule has 3 nitrogen and oxygen atoms in total. The third-order valence-corrected chi connectivity index (χ3v) is 5.39. The van der Waals surface area contributed by atoms with E-state index in [4.69, 9.17) is 14.2 Å². The molecule has 3 aromatic carbocycles. The van der Waals surface area contributed by atoms with Crippen LogP contribution in [0.5, 0.6) is 5.75 Å².